The molecule has 0 aliphatic carbocycles. The van der Waals surface area contributed by atoms with E-state index >= 15 is 0 Å². The molecule has 8 nitrogen and oxygen atoms in total. The van der Waals surface area contributed by atoms with Gasteiger partial charge >= 0.3 is 5.97 Å². The van der Waals surface area contributed by atoms with Gasteiger partial charge in [0.2, 0.25) is 10.0 Å². The van der Waals surface area contributed by atoms with Gasteiger partial charge in [-0.2, -0.15) is 0 Å². The van der Waals surface area contributed by atoms with Gasteiger partial charge in [-0.1, -0.05) is 6.07 Å². The third kappa shape index (κ3) is 7.22. The van der Waals surface area contributed by atoms with Gasteiger partial charge in [-0.05, 0) is 50.8 Å². The van der Waals surface area contributed by atoms with E-state index < -0.39 is 16.0 Å². The molecular formula is C16H26N4O4S. The number of rotatable bonds is 7. The molecule has 0 bridgehead atoms. The molecule has 1 aromatic heterocycles. The Morgan fingerprint density at radius 2 is 2.00 bits per heavy atom. The predicted octanol–water partition coefficient (Wildman–Crippen LogP) is 0.351. The van der Waals surface area contributed by atoms with Gasteiger partial charge in [0, 0.05) is 23.6 Å². The highest BCUT2D eigenvalue weighted by atomic mass is 32.2. The van der Waals surface area contributed by atoms with E-state index in [0.717, 1.165) is 29.4 Å². The molecule has 9 heteroatoms. The van der Waals surface area contributed by atoms with Crippen LogP contribution in [0.15, 0.2) is 24.4 Å². The number of carboxylic acid groups (broad SMARTS) is 1. The van der Waals surface area contributed by atoms with Gasteiger partial charge < -0.3 is 20.7 Å². The van der Waals surface area contributed by atoms with Crippen LogP contribution in [-0.2, 0) is 27.0 Å². The molecule has 0 atom stereocenters. The first-order valence-corrected chi connectivity index (χ1v) is 9.40. The fourth-order valence-corrected chi connectivity index (χ4v) is 2.92. The van der Waals surface area contributed by atoms with Crippen LogP contribution in [0.1, 0.15) is 11.1 Å². The highest BCUT2D eigenvalue weighted by molar-refractivity contribution is 7.88. The number of fused-ring (bicyclic) bond motifs is 1. The van der Waals surface area contributed by atoms with E-state index in [4.69, 9.17) is 5.11 Å². The Balaban J connectivity index is 0.000000550. The number of aromatic amines is 1. The van der Waals surface area contributed by atoms with E-state index in [1.807, 2.05) is 38.5 Å². The summed E-state index contributed by atoms with van der Waals surface area (Å²) in [5.74, 6) is -0.956. The lowest BCUT2D eigenvalue weighted by Gasteiger charge is -2.08. The van der Waals surface area contributed by atoms with Gasteiger partial charge in [0.25, 0.3) is 0 Å². The first kappa shape index (κ1) is 21.1. The van der Waals surface area contributed by atoms with E-state index in [-0.39, 0.29) is 12.3 Å². The number of sulfonamides is 1. The minimum Gasteiger partial charge on any atom is -0.480 e. The molecule has 0 aliphatic rings. The zero-order valence-electron chi connectivity index (χ0n) is 14.7. The molecule has 0 spiro atoms. The molecule has 0 fully saturated rings. The maximum atomic E-state index is 11.6. The first-order chi connectivity index (χ1) is 11.7. The molecular weight excluding hydrogens is 344 g/mol. The summed E-state index contributed by atoms with van der Waals surface area (Å²) in [5, 5.41) is 8.70. The van der Waals surface area contributed by atoms with Crippen molar-refractivity contribution < 1.29 is 18.3 Å². The van der Waals surface area contributed by atoms with Crippen molar-refractivity contribution in [3.8, 4) is 0 Å². The van der Waals surface area contributed by atoms with Crippen LogP contribution in [0.3, 0.4) is 0 Å². The zero-order chi connectivity index (χ0) is 19.0. The number of nitrogens with two attached hydrogens (primary N) is 1. The standard InChI is InChI=1S/C14H21N3O2S.C2H5NO2/c1-15-20(18,19)10-11-4-5-14-13(8-11)12(9-16-14)6-7-17(2)3;3-1-2(4)5/h4-5,8-9,15-16H,6-7,10H2,1-3H3;1,3H2,(H,4,5). The minimum absolute atomic E-state index is 0.0116. The summed E-state index contributed by atoms with van der Waals surface area (Å²) < 4.78 is 25.6. The van der Waals surface area contributed by atoms with Crippen LogP contribution < -0.4 is 10.5 Å². The van der Waals surface area contributed by atoms with Gasteiger partial charge in [0.1, 0.15) is 0 Å². The molecule has 140 valence electrons. The van der Waals surface area contributed by atoms with Crippen molar-refractivity contribution in [1.82, 2.24) is 14.6 Å². The fourth-order valence-electron chi connectivity index (χ4n) is 2.16. The Morgan fingerprint density at radius 1 is 1.36 bits per heavy atom. The molecule has 1 aromatic carbocycles. The number of H-pyrrole nitrogens is 1. The Kier molecular flexibility index (Phi) is 8.04. The van der Waals surface area contributed by atoms with Crippen molar-refractivity contribution >= 4 is 26.9 Å². The van der Waals surface area contributed by atoms with Crippen molar-refractivity contribution in [2.75, 3.05) is 34.2 Å². The van der Waals surface area contributed by atoms with Gasteiger partial charge in [0.15, 0.2) is 0 Å². The molecule has 25 heavy (non-hydrogen) atoms. The fraction of sp³-hybridized carbons (Fsp3) is 0.438. The highest BCUT2D eigenvalue weighted by Gasteiger charge is 2.11. The second kappa shape index (κ2) is 9.52. The molecule has 0 saturated heterocycles. The van der Waals surface area contributed by atoms with E-state index in [2.05, 4.69) is 20.3 Å². The Morgan fingerprint density at radius 3 is 2.52 bits per heavy atom. The molecule has 5 N–H and O–H groups in total. The second-order valence-corrected chi connectivity index (χ2v) is 7.73. The molecule has 1 heterocycles. The van der Waals surface area contributed by atoms with Gasteiger partial charge in [0.05, 0.1) is 12.3 Å². The average Bonchev–Trinajstić information content (AvgIpc) is 2.95. The number of nitrogens with one attached hydrogen (secondary N) is 2. The van der Waals surface area contributed by atoms with Crippen molar-refractivity contribution in [1.29, 1.82) is 0 Å². The quantitative estimate of drug-likeness (QED) is 0.557. The molecule has 2 rings (SSSR count). The van der Waals surface area contributed by atoms with Gasteiger partial charge in [-0.15, -0.1) is 0 Å². The molecule has 0 saturated carbocycles. The average molecular weight is 370 g/mol. The van der Waals surface area contributed by atoms with Gasteiger partial charge in [-0.25, -0.2) is 13.1 Å². The third-order valence-electron chi connectivity index (χ3n) is 3.50. The van der Waals surface area contributed by atoms with Gasteiger partial charge in [-0.3, -0.25) is 4.79 Å². The number of hydrogen-bond acceptors (Lipinski definition) is 5. The number of carbonyl (C=O) groups is 1. The lowest BCUT2D eigenvalue weighted by molar-refractivity contribution is -0.135. The Labute approximate surface area is 148 Å². The highest BCUT2D eigenvalue weighted by Crippen LogP contribution is 2.21. The summed E-state index contributed by atoms with van der Waals surface area (Å²) >= 11 is 0. The zero-order valence-corrected chi connectivity index (χ0v) is 15.6. The van der Waals surface area contributed by atoms with Crippen LogP contribution in [0.2, 0.25) is 0 Å². The van der Waals surface area contributed by atoms with Crippen LogP contribution in [0, 0.1) is 0 Å². The van der Waals surface area contributed by atoms with Crippen molar-refractivity contribution in [2.45, 2.75) is 12.2 Å². The number of hydrogen-bond donors (Lipinski definition) is 4. The summed E-state index contributed by atoms with van der Waals surface area (Å²) in [6, 6.07) is 5.75. The number of nitrogens with zero attached hydrogens (tertiary/aromatic N) is 1. The summed E-state index contributed by atoms with van der Waals surface area (Å²) in [5.41, 5.74) is 7.64. The largest absolute Gasteiger partial charge is 0.480 e. The molecule has 0 aliphatic heterocycles. The van der Waals surface area contributed by atoms with E-state index in [0.29, 0.717) is 0 Å². The number of likely N-dealkylation sites (N-methyl/N-ethyl adjacent to an activating group) is 1. The van der Waals surface area contributed by atoms with Crippen LogP contribution in [0.4, 0.5) is 0 Å². The maximum Gasteiger partial charge on any atom is 0.317 e. The summed E-state index contributed by atoms with van der Waals surface area (Å²) in [4.78, 5) is 14.6. The van der Waals surface area contributed by atoms with E-state index in [9.17, 15) is 13.2 Å². The minimum atomic E-state index is -3.23. The lowest BCUT2D eigenvalue weighted by Crippen LogP contribution is -2.20. The monoisotopic (exact) mass is 370 g/mol. The van der Waals surface area contributed by atoms with Crippen molar-refractivity contribution in [3.63, 3.8) is 0 Å². The Hall–Kier alpha value is -1.94. The van der Waals surface area contributed by atoms with Crippen molar-refractivity contribution in [2.24, 2.45) is 5.73 Å². The smallest absolute Gasteiger partial charge is 0.317 e. The number of aromatic nitrogens is 1. The number of carboxylic acids is 1. The van der Waals surface area contributed by atoms with Crippen LogP contribution in [0.5, 0.6) is 0 Å². The first-order valence-electron chi connectivity index (χ1n) is 7.75. The second-order valence-electron chi connectivity index (χ2n) is 5.81. The maximum absolute atomic E-state index is 11.6. The number of benzene rings is 1. The topological polar surface area (TPSA) is 129 Å². The summed E-state index contributed by atoms with van der Waals surface area (Å²) in [6.07, 6.45) is 2.94. The SMILES string of the molecule is CNS(=O)(=O)Cc1ccc2[nH]cc(CCN(C)C)c2c1.NCC(=O)O. The summed E-state index contributed by atoms with van der Waals surface area (Å²) in [6.45, 7) is 0.687. The molecule has 0 radical (unpaired) electrons. The summed E-state index contributed by atoms with van der Waals surface area (Å²) in [7, 11) is 2.29. The van der Waals surface area contributed by atoms with Crippen LogP contribution >= 0.6 is 0 Å². The normalized spacial score (nSPS) is 11.4. The Bertz CT molecular complexity index is 800. The van der Waals surface area contributed by atoms with Crippen LogP contribution in [-0.4, -0.2) is 63.6 Å². The lowest BCUT2D eigenvalue weighted by atomic mass is 10.1. The van der Waals surface area contributed by atoms with E-state index in [1.165, 1.54) is 12.6 Å². The predicted molar refractivity (Wildman–Crippen MR) is 98.9 cm³/mol. The number of aliphatic carboxylic acids is 1. The molecule has 0 amide bonds. The molecule has 2 aromatic rings. The third-order valence-corrected chi connectivity index (χ3v) is 4.84. The van der Waals surface area contributed by atoms with E-state index in [1.54, 1.807) is 0 Å². The van der Waals surface area contributed by atoms with Crippen molar-refractivity contribution in [3.05, 3.63) is 35.5 Å². The molecule has 0 unspecified atom stereocenters. The van der Waals surface area contributed by atoms with Crippen LogP contribution in [0.25, 0.3) is 10.9 Å².